The zero-order valence-corrected chi connectivity index (χ0v) is 28.7. The summed E-state index contributed by atoms with van der Waals surface area (Å²) >= 11 is 0. The molecule has 0 aliphatic carbocycles. The lowest BCUT2D eigenvalue weighted by atomic mass is 9.90. The van der Waals surface area contributed by atoms with Gasteiger partial charge in [-0.3, -0.25) is 4.79 Å². The number of alkyl halides is 9. The predicted molar refractivity (Wildman–Crippen MR) is 175 cm³/mol. The molecule has 1 heterocycles. The van der Waals surface area contributed by atoms with E-state index in [1.54, 1.807) is 18.2 Å². The Morgan fingerprint density at radius 2 is 1.42 bits per heavy atom. The van der Waals surface area contributed by atoms with Gasteiger partial charge in [-0.15, -0.1) is 0 Å². The zero-order chi connectivity index (χ0) is 39.3. The smallest absolute Gasteiger partial charge is 0.416 e. The van der Waals surface area contributed by atoms with E-state index in [-0.39, 0.29) is 59.8 Å². The average Bonchev–Trinajstić information content (AvgIpc) is 3.08. The van der Waals surface area contributed by atoms with Crippen molar-refractivity contribution in [3.63, 3.8) is 0 Å². The molecule has 1 atom stereocenters. The van der Waals surface area contributed by atoms with Crippen molar-refractivity contribution in [2.75, 3.05) is 25.7 Å². The Balaban J connectivity index is 1.99. The van der Waals surface area contributed by atoms with Gasteiger partial charge in [-0.2, -0.15) is 39.5 Å². The third-order valence-electron chi connectivity index (χ3n) is 8.03. The van der Waals surface area contributed by atoms with Gasteiger partial charge in [0.2, 0.25) is 5.95 Å². The molecule has 8 nitrogen and oxygen atoms in total. The number of rotatable bonds is 14. The molecule has 0 amide bonds. The third kappa shape index (κ3) is 10.2. The highest BCUT2D eigenvalue weighted by Gasteiger charge is 2.48. The summed E-state index contributed by atoms with van der Waals surface area (Å²) in [7, 11) is 2.60. The Morgan fingerprint density at radius 3 is 1.92 bits per heavy atom. The van der Waals surface area contributed by atoms with Crippen LogP contribution < -0.4 is 19.1 Å². The monoisotopic (exact) mass is 759 g/mol. The van der Waals surface area contributed by atoms with E-state index in [0.717, 1.165) is 24.0 Å². The van der Waals surface area contributed by atoms with E-state index in [2.05, 4.69) is 9.97 Å². The number of carbonyl (C=O) groups is 1. The van der Waals surface area contributed by atoms with Gasteiger partial charge in [0.1, 0.15) is 11.5 Å². The predicted octanol–water partition coefficient (Wildman–Crippen LogP) is 9.88. The van der Waals surface area contributed by atoms with Gasteiger partial charge in [-0.25, -0.2) is 9.97 Å². The van der Waals surface area contributed by atoms with Gasteiger partial charge in [0.05, 0.1) is 44.3 Å². The number of hydrogen-bond acceptors (Lipinski definition) is 7. The molecule has 0 radical (unpaired) electrons. The Morgan fingerprint density at radius 1 is 0.792 bits per heavy atom. The van der Waals surface area contributed by atoms with Gasteiger partial charge < -0.3 is 24.2 Å². The maximum absolute atomic E-state index is 15.6. The van der Waals surface area contributed by atoms with Crippen molar-refractivity contribution in [1.29, 1.82) is 0 Å². The molecule has 1 N–H and O–H groups in total. The Bertz CT molecular complexity index is 1850. The number of carboxylic acids is 1. The molecule has 4 rings (SSSR count). The molecule has 0 saturated heterocycles. The lowest BCUT2D eigenvalue weighted by Gasteiger charge is -2.35. The first-order chi connectivity index (χ1) is 24.7. The number of hydrogen-bond donors (Lipinski definition) is 1. The fourth-order valence-electron chi connectivity index (χ4n) is 5.48. The van der Waals surface area contributed by atoms with Gasteiger partial charge in [0.25, 0.3) is 0 Å². The van der Waals surface area contributed by atoms with Crippen molar-refractivity contribution in [3.05, 3.63) is 94.8 Å². The molecule has 0 aliphatic rings. The molecule has 0 aliphatic heterocycles. The standard InChI is InChI=1S/C36H34F9N3O5/c1-20(2)22-7-10-30(52-4)29(14-22)28-16-25(51-3)8-9-27(28)32(36(43,44)45)48(33-46-17-26(18-47-33)53-11-5-6-31(49)50)19-21-12-23(34(37,38)39)15-24(13-21)35(40,41)42/h7-10,12-18,20,32H,5-6,11,19H2,1-4H3,(H,49,50). The zero-order valence-electron chi connectivity index (χ0n) is 28.7. The number of ether oxygens (including phenoxy) is 3. The summed E-state index contributed by atoms with van der Waals surface area (Å²) in [6, 6.07) is 6.31. The summed E-state index contributed by atoms with van der Waals surface area (Å²) in [4.78, 5) is 19.2. The number of benzene rings is 3. The molecular weight excluding hydrogens is 725 g/mol. The van der Waals surface area contributed by atoms with Crippen LogP contribution in [-0.4, -0.2) is 48.0 Å². The SMILES string of the molecule is COc1ccc(C(N(Cc2cc(C(F)(F)F)cc(C(F)(F)F)c2)c2ncc(OCCCC(=O)O)cn2)C(F)(F)F)c(-c2cc(C(C)C)ccc2OC)c1. The van der Waals surface area contributed by atoms with Crippen molar-refractivity contribution in [1.82, 2.24) is 9.97 Å². The minimum atomic E-state index is -5.28. The summed E-state index contributed by atoms with van der Waals surface area (Å²) in [5, 5.41) is 8.84. The highest BCUT2D eigenvalue weighted by Crippen LogP contribution is 2.47. The molecule has 53 heavy (non-hydrogen) atoms. The number of methoxy groups -OCH3 is 2. The number of halogens is 9. The summed E-state index contributed by atoms with van der Waals surface area (Å²) in [5.74, 6) is -1.66. The summed E-state index contributed by atoms with van der Waals surface area (Å²) in [6.07, 6.45) is -14.1. The average molecular weight is 760 g/mol. The molecule has 3 aromatic carbocycles. The van der Waals surface area contributed by atoms with Crippen LogP contribution in [0.4, 0.5) is 45.5 Å². The van der Waals surface area contributed by atoms with Crippen molar-refractivity contribution in [2.24, 2.45) is 0 Å². The molecule has 4 aromatic rings. The van der Waals surface area contributed by atoms with Crippen molar-refractivity contribution in [2.45, 2.75) is 63.7 Å². The summed E-state index contributed by atoms with van der Waals surface area (Å²) < 4.78 is 146. The lowest BCUT2D eigenvalue weighted by molar-refractivity contribution is -0.151. The Labute approximate surface area is 298 Å². The number of aromatic nitrogens is 2. The molecule has 17 heteroatoms. The van der Waals surface area contributed by atoms with Gasteiger partial charge in [-0.1, -0.05) is 26.0 Å². The first-order valence-corrected chi connectivity index (χ1v) is 15.9. The largest absolute Gasteiger partial charge is 0.497 e. The van der Waals surface area contributed by atoms with E-state index >= 15 is 13.2 Å². The summed E-state index contributed by atoms with van der Waals surface area (Å²) in [6.45, 7) is 2.42. The summed E-state index contributed by atoms with van der Waals surface area (Å²) in [5.41, 5.74) is -3.83. The van der Waals surface area contributed by atoms with Crippen LogP contribution in [0.5, 0.6) is 17.2 Å². The van der Waals surface area contributed by atoms with E-state index < -0.39 is 65.3 Å². The van der Waals surface area contributed by atoms with Crippen LogP contribution in [-0.2, 0) is 23.7 Å². The van der Waals surface area contributed by atoms with E-state index in [0.29, 0.717) is 17.0 Å². The fraction of sp³-hybridized carbons (Fsp3) is 0.361. The number of anilines is 1. The maximum atomic E-state index is 15.6. The van der Waals surface area contributed by atoms with Gasteiger partial charge in [0, 0.05) is 18.5 Å². The fourth-order valence-corrected chi connectivity index (χ4v) is 5.48. The molecular formula is C36H34F9N3O5. The number of nitrogens with zero attached hydrogens (tertiary/aromatic N) is 3. The van der Waals surface area contributed by atoms with Crippen molar-refractivity contribution < 1.29 is 63.6 Å². The number of aliphatic carboxylic acids is 1. The van der Waals surface area contributed by atoms with Crippen LogP contribution in [0, 0.1) is 0 Å². The van der Waals surface area contributed by atoms with Crippen molar-refractivity contribution >= 4 is 11.9 Å². The van der Waals surface area contributed by atoms with Crippen LogP contribution in [0.2, 0.25) is 0 Å². The molecule has 0 fully saturated rings. The van der Waals surface area contributed by atoms with Crippen molar-refractivity contribution in [3.8, 4) is 28.4 Å². The van der Waals surface area contributed by atoms with E-state index in [9.17, 15) is 31.1 Å². The molecule has 0 bridgehead atoms. The third-order valence-corrected chi connectivity index (χ3v) is 8.03. The van der Waals surface area contributed by atoms with Crippen LogP contribution in [0.3, 0.4) is 0 Å². The minimum absolute atomic E-state index is 0.0607. The van der Waals surface area contributed by atoms with Gasteiger partial charge in [-0.05, 0) is 77.1 Å². The molecule has 1 aromatic heterocycles. The Kier molecular flexibility index (Phi) is 12.4. The number of carboxylic acid groups (broad SMARTS) is 1. The highest BCUT2D eigenvalue weighted by atomic mass is 19.4. The molecule has 286 valence electrons. The van der Waals surface area contributed by atoms with Crippen LogP contribution >= 0.6 is 0 Å². The molecule has 0 spiro atoms. The van der Waals surface area contributed by atoms with Gasteiger partial charge >= 0.3 is 24.5 Å². The lowest BCUT2D eigenvalue weighted by Crippen LogP contribution is -2.39. The van der Waals surface area contributed by atoms with Crippen LogP contribution in [0.15, 0.2) is 67.0 Å². The Hall–Kier alpha value is -5.22. The highest BCUT2D eigenvalue weighted by molar-refractivity contribution is 5.77. The second kappa shape index (κ2) is 16.2. The van der Waals surface area contributed by atoms with E-state index in [1.165, 1.54) is 26.4 Å². The van der Waals surface area contributed by atoms with Gasteiger partial charge in [0.15, 0.2) is 11.8 Å². The molecule has 0 saturated carbocycles. The quantitative estimate of drug-likeness (QED) is 0.100. The topological polar surface area (TPSA) is 94.0 Å². The second-order valence-corrected chi connectivity index (χ2v) is 12.1. The first-order valence-electron chi connectivity index (χ1n) is 15.9. The normalized spacial score (nSPS) is 12.8. The van der Waals surface area contributed by atoms with Crippen LogP contribution in [0.1, 0.15) is 66.5 Å². The second-order valence-electron chi connectivity index (χ2n) is 12.1. The van der Waals surface area contributed by atoms with E-state index in [1.807, 2.05) is 13.8 Å². The first kappa shape index (κ1) is 40.5. The molecule has 1 unspecified atom stereocenters. The minimum Gasteiger partial charge on any atom is -0.497 e. The van der Waals surface area contributed by atoms with Crippen LogP contribution in [0.25, 0.3) is 11.1 Å². The van der Waals surface area contributed by atoms with E-state index in [4.69, 9.17) is 19.3 Å². The maximum Gasteiger partial charge on any atom is 0.416 e.